The first-order valence-corrected chi connectivity index (χ1v) is 5.05. The first kappa shape index (κ1) is 10.8. The van der Waals surface area contributed by atoms with Gasteiger partial charge in [0.25, 0.3) is 5.06 Å². The smallest absolute Gasteiger partial charge is 0.311 e. The fourth-order valence-corrected chi connectivity index (χ4v) is 2.05. The monoisotopic (exact) mass is 213 g/mol. The summed E-state index contributed by atoms with van der Waals surface area (Å²) in [5.74, 6) is 0. The summed E-state index contributed by atoms with van der Waals surface area (Å²) < 4.78 is 29.9. The van der Waals surface area contributed by atoms with E-state index in [4.69, 9.17) is 14.9 Å². The predicted molar refractivity (Wildman–Crippen MR) is 40.2 cm³/mol. The summed E-state index contributed by atoms with van der Waals surface area (Å²) in [6.07, 6.45) is -0.253. The van der Waals surface area contributed by atoms with Crippen molar-refractivity contribution in [2.75, 3.05) is 6.61 Å². The van der Waals surface area contributed by atoms with Crippen molar-refractivity contribution in [1.29, 1.82) is 0 Å². The maximum atomic E-state index is 10.6. The fraction of sp³-hybridized carbons (Fsp3) is 1.00. The van der Waals surface area contributed by atoms with Crippen LogP contribution < -0.4 is 0 Å². The van der Waals surface area contributed by atoms with E-state index in [1.807, 2.05) is 0 Å². The topological polar surface area (TPSA) is 118 Å². The fourth-order valence-electron chi connectivity index (χ4n) is 1.29. The number of aliphatic hydroxyl groups excluding tert-OH is 1. The molecule has 1 fully saturated rings. The minimum Gasteiger partial charge on any atom is -0.395 e. The average molecular weight is 213 g/mol. The van der Waals surface area contributed by atoms with Gasteiger partial charge in [0.05, 0.1) is 12.6 Å². The molecule has 4 N–H and O–H groups in total. The summed E-state index contributed by atoms with van der Waals surface area (Å²) in [5.41, 5.74) is 0. The van der Waals surface area contributed by atoms with Crippen molar-refractivity contribution in [2.45, 2.75) is 23.9 Å². The number of hydroxylamine groups is 2. The van der Waals surface area contributed by atoms with E-state index in [-0.39, 0.29) is 17.9 Å². The summed E-state index contributed by atoms with van der Waals surface area (Å²) in [7, 11) is -4.77. The third-order valence-electron chi connectivity index (χ3n) is 2.13. The van der Waals surface area contributed by atoms with Gasteiger partial charge >= 0.3 is 10.1 Å². The lowest BCUT2D eigenvalue weighted by Gasteiger charge is -2.27. The minimum atomic E-state index is -4.77. The molecule has 0 radical (unpaired) electrons. The molecule has 1 aliphatic heterocycles. The lowest BCUT2D eigenvalue weighted by molar-refractivity contribution is -0.222. The lowest BCUT2D eigenvalue weighted by atomic mass is 10.2. The van der Waals surface area contributed by atoms with Crippen LogP contribution >= 0.6 is 0 Å². The molecule has 8 heteroatoms. The number of nitrogens with zero attached hydrogens (tertiary/aromatic N) is 1. The molecule has 0 aromatic rings. The van der Waals surface area contributed by atoms with Crippen molar-refractivity contribution in [3.05, 3.63) is 0 Å². The molecule has 13 heavy (non-hydrogen) atoms. The van der Waals surface area contributed by atoms with Gasteiger partial charge in [0.15, 0.2) is 0 Å². The highest BCUT2D eigenvalue weighted by molar-refractivity contribution is 7.87. The Morgan fingerprint density at radius 3 is 2.31 bits per heavy atom. The van der Waals surface area contributed by atoms with Gasteiger partial charge in [0.2, 0.25) is 0 Å². The third-order valence-corrected chi connectivity index (χ3v) is 3.35. The summed E-state index contributed by atoms with van der Waals surface area (Å²) >= 11 is 0. The molecule has 0 aliphatic carbocycles. The Morgan fingerprint density at radius 1 is 1.54 bits per heavy atom. The zero-order chi connectivity index (χ0) is 10.3. The molecule has 0 aromatic carbocycles. The van der Waals surface area contributed by atoms with E-state index in [0.717, 1.165) is 0 Å². The Kier molecular flexibility index (Phi) is 2.63. The number of aliphatic hydroxyl groups is 2. The molecule has 0 bridgehead atoms. The molecule has 2 atom stereocenters. The van der Waals surface area contributed by atoms with Crippen LogP contribution in [0.4, 0.5) is 0 Å². The first-order chi connectivity index (χ1) is 5.83. The van der Waals surface area contributed by atoms with Crippen molar-refractivity contribution in [3.8, 4) is 0 Å². The predicted octanol–water partition coefficient (Wildman–Crippen LogP) is -1.63. The van der Waals surface area contributed by atoms with Gasteiger partial charge in [-0.05, 0) is 6.42 Å². The lowest BCUT2D eigenvalue weighted by Crippen LogP contribution is -2.51. The van der Waals surface area contributed by atoms with Crippen molar-refractivity contribution in [1.82, 2.24) is 5.06 Å². The molecule has 78 valence electrons. The van der Waals surface area contributed by atoms with Crippen LogP contribution in [0.3, 0.4) is 0 Å². The zero-order valence-corrected chi connectivity index (χ0v) is 7.48. The molecule has 1 rings (SSSR count). The first-order valence-electron chi connectivity index (χ1n) is 3.61. The van der Waals surface area contributed by atoms with Crippen molar-refractivity contribution in [2.24, 2.45) is 0 Å². The quantitative estimate of drug-likeness (QED) is 0.406. The summed E-state index contributed by atoms with van der Waals surface area (Å²) in [4.78, 5) is 0. The van der Waals surface area contributed by atoms with Crippen LogP contribution in [0.5, 0.6) is 0 Å². The van der Waals surface area contributed by atoms with E-state index in [1.54, 1.807) is 0 Å². The van der Waals surface area contributed by atoms with Crippen LogP contribution in [0.15, 0.2) is 0 Å². The van der Waals surface area contributed by atoms with E-state index in [1.165, 1.54) is 0 Å². The van der Waals surface area contributed by atoms with Crippen LogP contribution in [0.25, 0.3) is 0 Å². The number of hydrogen-bond acceptors (Lipinski definition) is 6. The highest BCUT2D eigenvalue weighted by atomic mass is 32.2. The molecule has 7 nitrogen and oxygen atoms in total. The molecular formula is C5H11NO6S. The van der Waals surface area contributed by atoms with Crippen molar-refractivity contribution < 1.29 is 28.4 Å². The molecule has 0 spiro atoms. The molecule has 0 amide bonds. The number of hydrogen-bond donors (Lipinski definition) is 4. The summed E-state index contributed by atoms with van der Waals surface area (Å²) in [6, 6.07) is -0.869. The van der Waals surface area contributed by atoms with Gasteiger partial charge in [-0.15, -0.1) is 5.06 Å². The van der Waals surface area contributed by atoms with Crippen LogP contribution in [0.2, 0.25) is 0 Å². The Labute approximate surface area is 74.9 Å². The zero-order valence-electron chi connectivity index (χ0n) is 6.66. The summed E-state index contributed by atoms with van der Waals surface area (Å²) in [6.45, 7) is -0.492. The molecular weight excluding hydrogens is 202 g/mol. The van der Waals surface area contributed by atoms with E-state index in [0.29, 0.717) is 0 Å². The number of rotatable bonds is 2. The molecule has 1 aliphatic rings. The van der Waals surface area contributed by atoms with Gasteiger partial charge in [0, 0.05) is 6.42 Å². The highest BCUT2D eigenvalue weighted by Crippen LogP contribution is 2.33. The molecule has 0 aromatic heterocycles. The van der Waals surface area contributed by atoms with Gasteiger partial charge in [-0.25, -0.2) is 0 Å². The molecule has 2 unspecified atom stereocenters. The second-order valence-corrected chi connectivity index (χ2v) is 4.54. The van der Waals surface area contributed by atoms with E-state index >= 15 is 0 Å². The second kappa shape index (κ2) is 3.15. The van der Waals surface area contributed by atoms with Crippen molar-refractivity contribution >= 4 is 10.1 Å². The van der Waals surface area contributed by atoms with Crippen LogP contribution in [-0.2, 0) is 10.1 Å². The van der Waals surface area contributed by atoms with Crippen LogP contribution in [0, 0.1) is 0 Å². The van der Waals surface area contributed by atoms with Crippen LogP contribution in [0.1, 0.15) is 12.8 Å². The third kappa shape index (κ3) is 1.56. The van der Waals surface area contributed by atoms with Crippen molar-refractivity contribution in [3.63, 3.8) is 0 Å². The van der Waals surface area contributed by atoms with Gasteiger partial charge in [-0.1, -0.05) is 0 Å². The Balaban J connectivity index is 2.97. The van der Waals surface area contributed by atoms with E-state index in [2.05, 4.69) is 0 Å². The minimum absolute atomic E-state index is 0.0718. The van der Waals surface area contributed by atoms with E-state index in [9.17, 15) is 13.5 Å². The van der Waals surface area contributed by atoms with E-state index < -0.39 is 27.8 Å². The highest BCUT2D eigenvalue weighted by Gasteiger charge is 2.54. The van der Waals surface area contributed by atoms with Gasteiger partial charge in [-0.2, -0.15) is 8.42 Å². The van der Waals surface area contributed by atoms with Crippen LogP contribution in [-0.4, -0.2) is 51.2 Å². The van der Waals surface area contributed by atoms with Gasteiger partial charge < -0.3 is 15.4 Å². The summed E-state index contributed by atoms with van der Waals surface area (Å²) in [5, 5.41) is 24.5. The molecule has 0 saturated carbocycles. The Hall–Kier alpha value is -0.250. The maximum Gasteiger partial charge on any atom is 0.311 e. The second-order valence-electron chi connectivity index (χ2n) is 2.94. The van der Waals surface area contributed by atoms with Gasteiger partial charge in [0.1, 0.15) is 0 Å². The Bertz CT molecular complexity index is 289. The SMILES string of the molecule is O=S(=O)(O)C1(O)CCC(CO)N1O. The van der Waals surface area contributed by atoms with Gasteiger partial charge in [-0.3, -0.25) is 4.55 Å². The maximum absolute atomic E-state index is 10.6. The average Bonchev–Trinajstić information content (AvgIpc) is 2.29. The molecule has 1 saturated heterocycles. The normalized spacial score (nSPS) is 36.8. The largest absolute Gasteiger partial charge is 0.395 e. The Morgan fingerprint density at radius 2 is 2.08 bits per heavy atom. The molecule has 1 heterocycles. The standard InChI is InChI=1S/C5H11NO6S/c7-3-4-1-2-5(8,6(4)9)13(10,11)12/h4,7-9H,1-3H2,(H,10,11,12).